The highest BCUT2D eigenvalue weighted by molar-refractivity contribution is 7.11. The SMILES string of the molecule is CN=C(NCCNC(=O)c1scnc1C)NCCc1ccccn1. The van der Waals surface area contributed by atoms with Gasteiger partial charge in [-0.05, 0) is 19.1 Å². The third-order valence-electron chi connectivity index (χ3n) is 3.28. The second-order valence-corrected chi connectivity index (χ2v) is 5.87. The van der Waals surface area contributed by atoms with Crippen LogP contribution >= 0.6 is 11.3 Å². The maximum atomic E-state index is 11.9. The number of aromatic nitrogens is 2. The number of amides is 1. The summed E-state index contributed by atoms with van der Waals surface area (Å²) in [5, 5.41) is 9.25. The number of pyridine rings is 1. The molecule has 0 aliphatic heterocycles. The highest BCUT2D eigenvalue weighted by atomic mass is 32.1. The van der Waals surface area contributed by atoms with E-state index in [1.807, 2.05) is 25.1 Å². The molecule has 2 heterocycles. The highest BCUT2D eigenvalue weighted by Crippen LogP contribution is 2.10. The van der Waals surface area contributed by atoms with Gasteiger partial charge in [-0.3, -0.25) is 14.8 Å². The Balaban J connectivity index is 1.63. The average molecular weight is 346 g/mol. The first-order valence-corrected chi connectivity index (χ1v) is 8.61. The zero-order valence-electron chi connectivity index (χ0n) is 13.9. The van der Waals surface area contributed by atoms with Gasteiger partial charge in [0.15, 0.2) is 5.96 Å². The molecule has 2 aromatic heterocycles. The van der Waals surface area contributed by atoms with Gasteiger partial charge in [0.05, 0.1) is 11.2 Å². The molecule has 24 heavy (non-hydrogen) atoms. The number of hydrogen-bond acceptors (Lipinski definition) is 5. The lowest BCUT2D eigenvalue weighted by atomic mass is 10.3. The van der Waals surface area contributed by atoms with E-state index in [2.05, 4.69) is 30.9 Å². The molecule has 0 aliphatic rings. The molecule has 0 radical (unpaired) electrons. The van der Waals surface area contributed by atoms with Crippen molar-refractivity contribution in [1.82, 2.24) is 25.9 Å². The number of carbonyl (C=O) groups excluding carboxylic acids is 1. The fraction of sp³-hybridized carbons (Fsp3) is 0.375. The van der Waals surface area contributed by atoms with Gasteiger partial charge in [0.2, 0.25) is 0 Å². The van der Waals surface area contributed by atoms with E-state index in [1.54, 1.807) is 18.8 Å². The van der Waals surface area contributed by atoms with Crippen LogP contribution in [-0.2, 0) is 6.42 Å². The molecule has 0 saturated heterocycles. The number of aliphatic imine (C=N–C) groups is 1. The zero-order chi connectivity index (χ0) is 17.2. The van der Waals surface area contributed by atoms with Crippen LogP contribution in [0.25, 0.3) is 0 Å². The number of thiazole rings is 1. The van der Waals surface area contributed by atoms with Crippen molar-refractivity contribution in [2.45, 2.75) is 13.3 Å². The summed E-state index contributed by atoms with van der Waals surface area (Å²) < 4.78 is 0. The molecule has 7 nitrogen and oxygen atoms in total. The summed E-state index contributed by atoms with van der Waals surface area (Å²) in [6.07, 6.45) is 2.61. The Morgan fingerprint density at radius 2 is 1.96 bits per heavy atom. The topological polar surface area (TPSA) is 91.3 Å². The molecular weight excluding hydrogens is 324 g/mol. The fourth-order valence-electron chi connectivity index (χ4n) is 2.03. The van der Waals surface area contributed by atoms with Crippen LogP contribution < -0.4 is 16.0 Å². The van der Waals surface area contributed by atoms with Crippen molar-refractivity contribution in [3.63, 3.8) is 0 Å². The quantitative estimate of drug-likeness (QED) is 0.395. The Morgan fingerprint density at radius 3 is 2.62 bits per heavy atom. The monoisotopic (exact) mass is 346 g/mol. The van der Waals surface area contributed by atoms with Gasteiger partial charge in [0.25, 0.3) is 5.91 Å². The summed E-state index contributed by atoms with van der Waals surface area (Å²) in [5.41, 5.74) is 3.47. The molecule has 0 spiro atoms. The van der Waals surface area contributed by atoms with Crippen molar-refractivity contribution in [3.8, 4) is 0 Å². The Labute approximate surface area is 145 Å². The number of rotatable bonds is 7. The normalized spacial score (nSPS) is 11.2. The van der Waals surface area contributed by atoms with Crippen molar-refractivity contribution in [3.05, 3.63) is 46.2 Å². The minimum atomic E-state index is -0.0881. The highest BCUT2D eigenvalue weighted by Gasteiger charge is 2.10. The van der Waals surface area contributed by atoms with Crippen molar-refractivity contribution < 1.29 is 4.79 Å². The van der Waals surface area contributed by atoms with E-state index in [9.17, 15) is 4.79 Å². The van der Waals surface area contributed by atoms with Crippen LogP contribution in [0.15, 0.2) is 34.9 Å². The second kappa shape index (κ2) is 9.61. The third kappa shape index (κ3) is 5.62. The summed E-state index contributed by atoms with van der Waals surface area (Å²) in [6, 6.07) is 5.87. The first-order valence-electron chi connectivity index (χ1n) is 7.73. The van der Waals surface area contributed by atoms with Crippen molar-refractivity contribution >= 4 is 23.2 Å². The first-order chi connectivity index (χ1) is 11.7. The molecule has 2 aromatic rings. The molecule has 0 aromatic carbocycles. The molecule has 0 aliphatic carbocycles. The van der Waals surface area contributed by atoms with Gasteiger partial charge >= 0.3 is 0 Å². The zero-order valence-corrected chi connectivity index (χ0v) is 14.7. The Kier molecular flexibility index (Phi) is 7.16. The number of hydrogen-bond donors (Lipinski definition) is 3. The molecule has 0 bridgehead atoms. The average Bonchev–Trinajstić information content (AvgIpc) is 3.04. The number of nitrogens with one attached hydrogen (secondary N) is 3. The standard InChI is InChI=1S/C16H22N6OS/c1-12-14(24-11-22-12)15(23)19-9-10-21-16(17-2)20-8-6-13-5-3-4-7-18-13/h3-5,7,11H,6,8-10H2,1-2H3,(H,19,23)(H2,17,20,21). The van der Waals surface area contributed by atoms with Crippen LogP contribution in [0.5, 0.6) is 0 Å². The molecule has 2 rings (SSSR count). The third-order valence-corrected chi connectivity index (χ3v) is 4.21. The molecular formula is C16H22N6OS. The Morgan fingerprint density at radius 1 is 1.17 bits per heavy atom. The molecule has 0 fully saturated rings. The van der Waals surface area contributed by atoms with Gasteiger partial charge in [-0.1, -0.05) is 6.07 Å². The number of nitrogens with zero attached hydrogens (tertiary/aromatic N) is 3. The maximum absolute atomic E-state index is 11.9. The Hall–Kier alpha value is -2.48. The van der Waals surface area contributed by atoms with Crippen LogP contribution in [0.2, 0.25) is 0 Å². The van der Waals surface area contributed by atoms with Crippen LogP contribution in [0.4, 0.5) is 0 Å². The summed E-state index contributed by atoms with van der Waals surface area (Å²) in [4.78, 5) is 25.1. The molecule has 1 amide bonds. The van der Waals surface area contributed by atoms with Crippen LogP contribution in [0, 0.1) is 6.92 Å². The fourth-order valence-corrected chi connectivity index (χ4v) is 2.75. The number of carbonyl (C=O) groups is 1. The molecule has 0 saturated carbocycles. The second-order valence-electron chi connectivity index (χ2n) is 5.02. The van der Waals surface area contributed by atoms with E-state index >= 15 is 0 Å². The molecule has 3 N–H and O–H groups in total. The summed E-state index contributed by atoms with van der Waals surface area (Å²) in [5.74, 6) is 0.615. The van der Waals surface area contributed by atoms with Crippen LogP contribution in [0.1, 0.15) is 21.1 Å². The summed E-state index contributed by atoms with van der Waals surface area (Å²) >= 11 is 1.35. The van der Waals surface area contributed by atoms with Crippen LogP contribution in [-0.4, -0.2) is 48.5 Å². The lowest BCUT2D eigenvalue weighted by Gasteiger charge is -2.12. The summed E-state index contributed by atoms with van der Waals surface area (Å²) in [6.45, 7) is 3.67. The van der Waals surface area contributed by atoms with Gasteiger partial charge in [0, 0.05) is 45.0 Å². The molecule has 8 heteroatoms. The first kappa shape index (κ1) is 17.9. The maximum Gasteiger partial charge on any atom is 0.263 e. The predicted octanol–water partition coefficient (Wildman–Crippen LogP) is 0.984. The van der Waals surface area contributed by atoms with Gasteiger partial charge in [-0.2, -0.15) is 0 Å². The lowest BCUT2D eigenvalue weighted by molar-refractivity contribution is 0.0957. The lowest BCUT2D eigenvalue weighted by Crippen LogP contribution is -2.42. The minimum Gasteiger partial charge on any atom is -0.356 e. The number of guanidine groups is 1. The molecule has 0 unspecified atom stereocenters. The molecule has 128 valence electrons. The minimum absolute atomic E-state index is 0.0881. The van der Waals surface area contributed by atoms with Gasteiger partial charge in [0.1, 0.15) is 4.88 Å². The van der Waals surface area contributed by atoms with Crippen LogP contribution in [0.3, 0.4) is 0 Å². The van der Waals surface area contributed by atoms with E-state index in [1.165, 1.54) is 11.3 Å². The van der Waals surface area contributed by atoms with Gasteiger partial charge in [-0.15, -0.1) is 11.3 Å². The van der Waals surface area contributed by atoms with E-state index in [-0.39, 0.29) is 5.91 Å². The van der Waals surface area contributed by atoms with E-state index in [4.69, 9.17) is 0 Å². The van der Waals surface area contributed by atoms with E-state index in [0.717, 1.165) is 24.4 Å². The Bertz CT molecular complexity index is 670. The van der Waals surface area contributed by atoms with Crippen molar-refractivity contribution in [2.75, 3.05) is 26.7 Å². The largest absolute Gasteiger partial charge is 0.356 e. The van der Waals surface area contributed by atoms with E-state index in [0.29, 0.717) is 23.9 Å². The summed E-state index contributed by atoms with van der Waals surface area (Å²) in [7, 11) is 1.72. The van der Waals surface area contributed by atoms with Gasteiger partial charge < -0.3 is 16.0 Å². The van der Waals surface area contributed by atoms with E-state index < -0.39 is 0 Å². The smallest absolute Gasteiger partial charge is 0.263 e. The van der Waals surface area contributed by atoms with Gasteiger partial charge in [-0.25, -0.2) is 4.98 Å². The predicted molar refractivity (Wildman–Crippen MR) is 96.5 cm³/mol. The van der Waals surface area contributed by atoms with Crippen molar-refractivity contribution in [2.24, 2.45) is 4.99 Å². The number of aryl methyl sites for hydroxylation is 1. The van der Waals surface area contributed by atoms with Crippen molar-refractivity contribution in [1.29, 1.82) is 0 Å². The molecule has 0 atom stereocenters.